The van der Waals surface area contributed by atoms with Crippen molar-refractivity contribution in [2.45, 2.75) is 51.2 Å². The van der Waals surface area contributed by atoms with Crippen molar-refractivity contribution in [3.63, 3.8) is 0 Å². The van der Waals surface area contributed by atoms with E-state index in [1.165, 1.54) is 45.3 Å². The molecule has 2 aliphatic rings. The summed E-state index contributed by atoms with van der Waals surface area (Å²) in [6, 6.07) is 3.88. The number of hydrogen-bond donors (Lipinski definition) is 1. The van der Waals surface area contributed by atoms with Crippen LogP contribution in [0.3, 0.4) is 0 Å². The van der Waals surface area contributed by atoms with Crippen LogP contribution < -0.4 is 5.32 Å². The number of thiophene rings is 1. The predicted octanol–water partition coefficient (Wildman–Crippen LogP) is 2.64. The van der Waals surface area contributed by atoms with E-state index in [4.69, 9.17) is 0 Å². The summed E-state index contributed by atoms with van der Waals surface area (Å²) >= 11 is 1.93. The van der Waals surface area contributed by atoms with E-state index in [9.17, 15) is 0 Å². The van der Waals surface area contributed by atoms with Crippen LogP contribution in [0.25, 0.3) is 0 Å². The van der Waals surface area contributed by atoms with Crippen LogP contribution in [0.1, 0.15) is 36.6 Å². The fraction of sp³-hybridized carbons (Fsp3) is 0.714. The second-order valence-corrected chi connectivity index (χ2v) is 6.33. The quantitative estimate of drug-likeness (QED) is 0.864. The maximum absolute atomic E-state index is 3.68. The van der Waals surface area contributed by atoms with Crippen molar-refractivity contribution < 1.29 is 0 Å². The van der Waals surface area contributed by atoms with Gasteiger partial charge in [-0.1, -0.05) is 6.92 Å². The van der Waals surface area contributed by atoms with E-state index in [1.54, 1.807) is 10.4 Å². The molecule has 17 heavy (non-hydrogen) atoms. The molecule has 1 aliphatic heterocycles. The van der Waals surface area contributed by atoms with Gasteiger partial charge in [-0.2, -0.15) is 0 Å². The minimum Gasteiger partial charge on any atom is -0.312 e. The van der Waals surface area contributed by atoms with E-state index in [0.717, 1.165) is 12.1 Å². The average molecular weight is 250 g/mol. The van der Waals surface area contributed by atoms with Crippen molar-refractivity contribution in [2.24, 2.45) is 0 Å². The van der Waals surface area contributed by atoms with Gasteiger partial charge in [-0.25, -0.2) is 0 Å². The summed E-state index contributed by atoms with van der Waals surface area (Å²) in [5, 5.41) is 5.93. The van der Waals surface area contributed by atoms with Gasteiger partial charge in [0.15, 0.2) is 0 Å². The zero-order valence-corrected chi connectivity index (χ0v) is 11.4. The Morgan fingerprint density at radius 3 is 3.18 bits per heavy atom. The monoisotopic (exact) mass is 250 g/mol. The minimum absolute atomic E-state index is 0.726. The van der Waals surface area contributed by atoms with Gasteiger partial charge in [-0.15, -0.1) is 11.3 Å². The van der Waals surface area contributed by atoms with Gasteiger partial charge in [0, 0.05) is 36.6 Å². The molecule has 0 aromatic carbocycles. The van der Waals surface area contributed by atoms with Crippen molar-refractivity contribution in [1.29, 1.82) is 0 Å². The Hall–Kier alpha value is -0.380. The third kappa shape index (κ3) is 2.72. The maximum Gasteiger partial charge on any atom is 0.0248 e. The first-order chi connectivity index (χ1) is 8.36. The molecule has 1 unspecified atom stereocenters. The van der Waals surface area contributed by atoms with Gasteiger partial charge in [-0.05, 0) is 42.7 Å². The highest BCUT2D eigenvalue weighted by Crippen LogP contribution is 2.26. The SMILES string of the molecule is CCC(CNC1CC1)N1CCc2sccc2C1. The maximum atomic E-state index is 3.68. The Labute approximate surface area is 108 Å². The lowest BCUT2D eigenvalue weighted by Gasteiger charge is -2.34. The Balaban J connectivity index is 1.58. The van der Waals surface area contributed by atoms with E-state index in [0.29, 0.717) is 0 Å². The van der Waals surface area contributed by atoms with Gasteiger partial charge in [0.05, 0.1) is 0 Å². The van der Waals surface area contributed by atoms with Crippen LogP contribution in [-0.2, 0) is 13.0 Å². The van der Waals surface area contributed by atoms with Gasteiger partial charge in [0.2, 0.25) is 0 Å². The summed E-state index contributed by atoms with van der Waals surface area (Å²) in [5.74, 6) is 0. The second kappa shape index (κ2) is 5.09. The smallest absolute Gasteiger partial charge is 0.0248 e. The highest BCUT2D eigenvalue weighted by molar-refractivity contribution is 7.10. The molecule has 1 aromatic heterocycles. The first-order valence-corrected chi connectivity index (χ1v) is 7.77. The van der Waals surface area contributed by atoms with E-state index in [1.807, 2.05) is 11.3 Å². The molecule has 1 aliphatic carbocycles. The summed E-state index contributed by atoms with van der Waals surface area (Å²) < 4.78 is 0. The molecule has 2 heterocycles. The molecule has 3 rings (SSSR count). The molecule has 1 aromatic rings. The molecule has 0 spiro atoms. The molecule has 1 fully saturated rings. The fourth-order valence-corrected chi connectivity index (χ4v) is 3.59. The second-order valence-electron chi connectivity index (χ2n) is 5.33. The average Bonchev–Trinajstić information content (AvgIpc) is 3.06. The summed E-state index contributed by atoms with van der Waals surface area (Å²) in [5.41, 5.74) is 1.58. The highest BCUT2D eigenvalue weighted by Gasteiger charge is 2.26. The van der Waals surface area contributed by atoms with Crippen molar-refractivity contribution in [3.05, 3.63) is 21.9 Å². The Morgan fingerprint density at radius 2 is 2.41 bits per heavy atom. The molecule has 1 N–H and O–H groups in total. The number of nitrogens with zero attached hydrogens (tertiary/aromatic N) is 1. The molecule has 94 valence electrons. The van der Waals surface area contributed by atoms with E-state index >= 15 is 0 Å². The van der Waals surface area contributed by atoms with Crippen LogP contribution in [0.2, 0.25) is 0 Å². The van der Waals surface area contributed by atoms with Gasteiger partial charge in [0.25, 0.3) is 0 Å². The lowest BCUT2D eigenvalue weighted by atomic mass is 10.1. The molecule has 0 radical (unpaired) electrons. The minimum atomic E-state index is 0.726. The lowest BCUT2D eigenvalue weighted by Crippen LogP contribution is -2.44. The number of fused-ring (bicyclic) bond motifs is 1. The third-order valence-corrected chi connectivity index (χ3v) is 5.07. The van der Waals surface area contributed by atoms with E-state index in [-0.39, 0.29) is 0 Å². The van der Waals surface area contributed by atoms with Gasteiger partial charge in [-0.3, -0.25) is 4.90 Å². The molecular weight excluding hydrogens is 228 g/mol. The molecule has 0 amide bonds. The predicted molar refractivity (Wildman–Crippen MR) is 73.5 cm³/mol. The zero-order chi connectivity index (χ0) is 11.7. The van der Waals surface area contributed by atoms with Crippen molar-refractivity contribution >= 4 is 11.3 Å². The summed E-state index contributed by atoms with van der Waals surface area (Å²) in [6.45, 7) is 5.92. The normalized spacial score (nSPS) is 22.4. The van der Waals surface area contributed by atoms with Gasteiger partial charge in [0.1, 0.15) is 0 Å². The Kier molecular flexibility index (Phi) is 3.50. The summed E-state index contributed by atoms with van der Waals surface area (Å²) in [6.07, 6.45) is 5.31. The van der Waals surface area contributed by atoms with Gasteiger partial charge >= 0.3 is 0 Å². The van der Waals surface area contributed by atoms with Crippen LogP contribution in [-0.4, -0.2) is 30.1 Å². The molecule has 3 heteroatoms. The zero-order valence-electron chi connectivity index (χ0n) is 10.6. The van der Waals surface area contributed by atoms with Crippen LogP contribution >= 0.6 is 11.3 Å². The van der Waals surface area contributed by atoms with Crippen molar-refractivity contribution in [3.8, 4) is 0 Å². The first-order valence-electron chi connectivity index (χ1n) is 6.89. The number of hydrogen-bond acceptors (Lipinski definition) is 3. The molecule has 1 atom stereocenters. The van der Waals surface area contributed by atoms with Crippen LogP contribution in [0, 0.1) is 0 Å². The van der Waals surface area contributed by atoms with E-state index in [2.05, 4.69) is 28.6 Å². The number of nitrogens with one attached hydrogen (secondary N) is 1. The largest absolute Gasteiger partial charge is 0.312 e. The highest BCUT2D eigenvalue weighted by atomic mass is 32.1. The Morgan fingerprint density at radius 1 is 1.53 bits per heavy atom. The summed E-state index contributed by atoms with van der Waals surface area (Å²) in [7, 11) is 0. The van der Waals surface area contributed by atoms with Crippen LogP contribution in [0.4, 0.5) is 0 Å². The van der Waals surface area contributed by atoms with Crippen molar-refractivity contribution in [2.75, 3.05) is 13.1 Å². The molecule has 1 saturated carbocycles. The summed E-state index contributed by atoms with van der Waals surface area (Å²) in [4.78, 5) is 4.29. The third-order valence-electron chi connectivity index (χ3n) is 4.04. The van der Waals surface area contributed by atoms with Crippen LogP contribution in [0.5, 0.6) is 0 Å². The lowest BCUT2D eigenvalue weighted by molar-refractivity contribution is 0.170. The van der Waals surface area contributed by atoms with Gasteiger partial charge < -0.3 is 5.32 Å². The molecule has 0 bridgehead atoms. The standard InChI is InChI=1S/C14H22N2S/c1-2-13(9-15-12-3-4-12)16-7-5-14-11(10-16)6-8-17-14/h6,8,12-13,15H,2-5,7,9-10H2,1H3. The fourth-order valence-electron chi connectivity index (χ4n) is 2.70. The van der Waals surface area contributed by atoms with Crippen molar-refractivity contribution in [1.82, 2.24) is 10.2 Å². The molecule has 0 saturated heterocycles. The topological polar surface area (TPSA) is 15.3 Å². The number of rotatable bonds is 5. The molecule has 2 nitrogen and oxygen atoms in total. The first kappa shape index (κ1) is 11.7. The van der Waals surface area contributed by atoms with E-state index < -0.39 is 0 Å². The Bertz CT molecular complexity index is 370. The van der Waals surface area contributed by atoms with Crippen LogP contribution in [0.15, 0.2) is 11.4 Å². The molecular formula is C14H22N2S.